The Bertz CT molecular complexity index is 1110. The number of allylic oxidation sites excluding steroid dienone is 1. The summed E-state index contributed by atoms with van der Waals surface area (Å²) in [6.45, 7) is 0. The zero-order valence-corrected chi connectivity index (χ0v) is 13.6. The topological polar surface area (TPSA) is 38.7 Å². The molecule has 0 saturated carbocycles. The van der Waals surface area contributed by atoms with E-state index in [1.54, 1.807) is 12.4 Å². The van der Waals surface area contributed by atoms with Gasteiger partial charge in [0.25, 0.3) is 0 Å². The number of hydrogen-bond donors (Lipinski definition) is 0. The van der Waals surface area contributed by atoms with Crippen LogP contribution < -0.4 is 0 Å². The van der Waals surface area contributed by atoms with Crippen LogP contribution in [0.2, 0.25) is 0 Å². The van der Waals surface area contributed by atoms with Gasteiger partial charge in [-0.3, -0.25) is 15.0 Å². The Balaban J connectivity index is 1.56. The largest absolute Gasteiger partial charge is 0.253 e. The zero-order valence-electron chi connectivity index (χ0n) is 13.6. The maximum Gasteiger partial charge on any atom is 0.0892 e. The molecule has 0 saturated heterocycles. The third-order valence-corrected chi connectivity index (χ3v) is 4.61. The van der Waals surface area contributed by atoms with Crippen LogP contribution in [-0.2, 0) is 6.42 Å². The average Bonchev–Trinajstić information content (AvgIpc) is 3.11. The zero-order chi connectivity index (χ0) is 16.6. The van der Waals surface area contributed by atoms with E-state index in [0.29, 0.717) is 0 Å². The van der Waals surface area contributed by atoms with E-state index >= 15 is 0 Å². The number of benzene rings is 2. The van der Waals surface area contributed by atoms with Crippen molar-refractivity contribution in [2.75, 3.05) is 0 Å². The summed E-state index contributed by atoms with van der Waals surface area (Å²) in [5.41, 5.74) is 8.76. The molecule has 0 bridgehead atoms. The van der Waals surface area contributed by atoms with E-state index in [9.17, 15) is 0 Å². The fourth-order valence-corrected chi connectivity index (χ4v) is 3.38. The van der Waals surface area contributed by atoms with Gasteiger partial charge in [-0.2, -0.15) is 0 Å². The quantitative estimate of drug-likeness (QED) is 0.538. The minimum atomic E-state index is 0.865. The predicted molar refractivity (Wildman–Crippen MR) is 100.0 cm³/mol. The molecule has 0 fully saturated rings. The summed E-state index contributed by atoms with van der Waals surface area (Å²) >= 11 is 0. The molecule has 3 heteroatoms. The summed E-state index contributed by atoms with van der Waals surface area (Å²) in [5.74, 6) is 0. The summed E-state index contributed by atoms with van der Waals surface area (Å²) in [7, 11) is 0. The smallest absolute Gasteiger partial charge is 0.0892 e. The van der Waals surface area contributed by atoms with Crippen molar-refractivity contribution in [2.45, 2.75) is 6.42 Å². The molecule has 3 nitrogen and oxygen atoms in total. The van der Waals surface area contributed by atoms with Gasteiger partial charge in [-0.15, -0.1) is 0 Å². The normalized spacial score (nSPS) is 12.9. The Labute approximate surface area is 145 Å². The van der Waals surface area contributed by atoms with Crippen LogP contribution >= 0.6 is 0 Å². The third-order valence-electron chi connectivity index (χ3n) is 4.61. The molecule has 1 aliphatic carbocycles. The molecule has 0 spiro atoms. The van der Waals surface area contributed by atoms with Gasteiger partial charge in [-0.1, -0.05) is 48.5 Å². The van der Waals surface area contributed by atoms with Crippen molar-refractivity contribution in [1.82, 2.24) is 15.0 Å². The maximum absolute atomic E-state index is 4.88. The lowest BCUT2D eigenvalue weighted by atomic mass is 9.99. The Morgan fingerprint density at radius 2 is 1.56 bits per heavy atom. The number of nitrogens with zero attached hydrogens (tertiary/aromatic N) is 3. The molecular formula is C22H15N3. The molecule has 0 N–H and O–H groups in total. The van der Waals surface area contributed by atoms with Gasteiger partial charge in [-0.05, 0) is 29.3 Å². The second kappa shape index (κ2) is 5.64. The highest BCUT2D eigenvalue weighted by molar-refractivity contribution is 5.88. The maximum atomic E-state index is 4.88. The highest BCUT2D eigenvalue weighted by Gasteiger charge is 2.18. The lowest BCUT2D eigenvalue weighted by Crippen LogP contribution is -1.94. The highest BCUT2D eigenvalue weighted by Crippen LogP contribution is 2.34. The Kier molecular flexibility index (Phi) is 3.17. The Hall–Kier alpha value is -3.33. The molecule has 0 atom stereocenters. The van der Waals surface area contributed by atoms with Crippen LogP contribution in [0.5, 0.6) is 0 Å². The molecule has 2 heterocycles. The number of fused-ring (bicyclic) bond motifs is 2. The van der Waals surface area contributed by atoms with E-state index < -0.39 is 0 Å². The van der Waals surface area contributed by atoms with E-state index in [4.69, 9.17) is 4.98 Å². The second-order valence-corrected chi connectivity index (χ2v) is 6.14. The average molecular weight is 321 g/mol. The number of aromatic nitrogens is 3. The molecule has 0 radical (unpaired) electrons. The van der Waals surface area contributed by atoms with Crippen molar-refractivity contribution < 1.29 is 0 Å². The third kappa shape index (κ3) is 2.41. The van der Waals surface area contributed by atoms with Crippen LogP contribution in [0.15, 0.2) is 79.1 Å². The number of pyridine rings is 1. The summed E-state index contributed by atoms with van der Waals surface area (Å²) in [5, 5.41) is 0. The first kappa shape index (κ1) is 14.1. The molecular weight excluding hydrogens is 306 g/mol. The highest BCUT2D eigenvalue weighted by atomic mass is 14.8. The van der Waals surface area contributed by atoms with E-state index in [-0.39, 0.29) is 0 Å². The summed E-state index contributed by atoms with van der Waals surface area (Å²) in [6, 6.07) is 20.9. The summed E-state index contributed by atoms with van der Waals surface area (Å²) in [4.78, 5) is 13.6. The van der Waals surface area contributed by atoms with Crippen LogP contribution in [0.3, 0.4) is 0 Å². The first-order valence-electron chi connectivity index (χ1n) is 8.35. The van der Waals surface area contributed by atoms with Crippen molar-refractivity contribution in [3.63, 3.8) is 0 Å². The van der Waals surface area contributed by atoms with Crippen molar-refractivity contribution in [3.8, 4) is 11.3 Å². The second-order valence-electron chi connectivity index (χ2n) is 6.14. The monoisotopic (exact) mass is 321 g/mol. The molecule has 4 aromatic rings. The van der Waals surface area contributed by atoms with Crippen LogP contribution in [0.25, 0.3) is 27.9 Å². The molecule has 118 valence electrons. The molecule has 5 rings (SSSR count). The molecule has 1 aliphatic rings. The van der Waals surface area contributed by atoms with E-state index in [0.717, 1.165) is 34.4 Å². The van der Waals surface area contributed by atoms with Gasteiger partial charge >= 0.3 is 0 Å². The fraction of sp³-hybridized carbons (Fsp3) is 0.0455. The van der Waals surface area contributed by atoms with Crippen LogP contribution in [0.1, 0.15) is 16.8 Å². The van der Waals surface area contributed by atoms with Crippen molar-refractivity contribution in [3.05, 3.63) is 96.0 Å². The van der Waals surface area contributed by atoms with Crippen molar-refractivity contribution in [1.29, 1.82) is 0 Å². The molecule has 0 amide bonds. The summed E-state index contributed by atoms with van der Waals surface area (Å²) in [6.07, 6.45) is 6.58. The molecule has 0 unspecified atom stereocenters. The van der Waals surface area contributed by atoms with E-state index in [2.05, 4.69) is 52.4 Å². The van der Waals surface area contributed by atoms with Crippen molar-refractivity contribution >= 4 is 16.6 Å². The van der Waals surface area contributed by atoms with Gasteiger partial charge in [0, 0.05) is 29.9 Å². The molecule has 0 aliphatic heterocycles. The fourth-order valence-electron chi connectivity index (χ4n) is 3.38. The minimum absolute atomic E-state index is 0.865. The standard InChI is InChI=1S/C22H15N3/c1-2-4-15(5-3-1)19-10-8-18-17(7-11-20(18)25-19)16-6-9-21-22(14-16)24-13-12-23-21/h1-10,12-14H,11H2. The Morgan fingerprint density at radius 3 is 2.44 bits per heavy atom. The lowest BCUT2D eigenvalue weighted by Gasteiger charge is -2.08. The number of hydrogen-bond acceptors (Lipinski definition) is 3. The molecule has 2 aromatic heterocycles. The van der Waals surface area contributed by atoms with Gasteiger partial charge in [0.05, 0.1) is 22.4 Å². The van der Waals surface area contributed by atoms with Gasteiger partial charge in [0.2, 0.25) is 0 Å². The first-order valence-corrected chi connectivity index (χ1v) is 8.35. The van der Waals surface area contributed by atoms with Gasteiger partial charge in [0.1, 0.15) is 0 Å². The summed E-state index contributed by atoms with van der Waals surface area (Å²) < 4.78 is 0. The predicted octanol–water partition coefficient (Wildman–Crippen LogP) is 4.68. The molecule has 2 aromatic carbocycles. The molecule has 25 heavy (non-hydrogen) atoms. The van der Waals surface area contributed by atoms with Crippen LogP contribution in [0, 0.1) is 0 Å². The van der Waals surface area contributed by atoms with Crippen LogP contribution in [0.4, 0.5) is 0 Å². The SMILES string of the molecule is C1=C(c2ccc3nccnc3c2)c2ccc(-c3ccccc3)nc2C1. The van der Waals surface area contributed by atoms with Crippen molar-refractivity contribution in [2.24, 2.45) is 0 Å². The van der Waals surface area contributed by atoms with Gasteiger partial charge < -0.3 is 0 Å². The first-order chi connectivity index (χ1) is 12.4. The van der Waals surface area contributed by atoms with E-state index in [1.807, 2.05) is 24.3 Å². The van der Waals surface area contributed by atoms with Gasteiger partial charge in [-0.25, -0.2) is 0 Å². The minimum Gasteiger partial charge on any atom is -0.253 e. The Morgan fingerprint density at radius 1 is 0.720 bits per heavy atom. The number of rotatable bonds is 2. The lowest BCUT2D eigenvalue weighted by molar-refractivity contribution is 1.13. The van der Waals surface area contributed by atoms with E-state index in [1.165, 1.54) is 16.7 Å². The van der Waals surface area contributed by atoms with Gasteiger partial charge in [0.15, 0.2) is 0 Å². The van der Waals surface area contributed by atoms with Crippen LogP contribution in [-0.4, -0.2) is 15.0 Å².